The molecule has 1 saturated carbocycles. The van der Waals surface area contributed by atoms with E-state index < -0.39 is 0 Å². The average molecular weight is 275 g/mol. The van der Waals surface area contributed by atoms with Crippen LogP contribution < -0.4 is 10.1 Å². The molecule has 1 amide bonds. The molecule has 2 rings (SSSR count). The van der Waals surface area contributed by atoms with Crippen molar-refractivity contribution in [3.8, 4) is 5.75 Å². The van der Waals surface area contributed by atoms with Crippen molar-refractivity contribution in [1.82, 2.24) is 5.32 Å². The van der Waals surface area contributed by atoms with E-state index in [2.05, 4.69) is 5.32 Å². The van der Waals surface area contributed by atoms with Gasteiger partial charge in [-0.3, -0.25) is 4.79 Å². The Bertz CT molecular complexity index is 504. The zero-order chi connectivity index (χ0) is 14.5. The third-order valence-corrected chi connectivity index (χ3v) is 3.58. The molecule has 2 N–H and O–H groups in total. The molecule has 1 aliphatic carbocycles. The highest BCUT2D eigenvalue weighted by atomic mass is 16.5. The first kappa shape index (κ1) is 14.6. The quantitative estimate of drug-likeness (QED) is 0.807. The third kappa shape index (κ3) is 3.84. The molecule has 4 heteroatoms. The zero-order valence-corrected chi connectivity index (χ0v) is 11.9. The smallest absolute Gasteiger partial charge is 0.244 e. The number of methoxy groups -OCH3 is 1. The minimum Gasteiger partial charge on any atom is -0.496 e. The van der Waals surface area contributed by atoms with Gasteiger partial charge in [0.05, 0.1) is 13.2 Å². The zero-order valence-electron chi connectivity index (χ0n) is 11.9. The fraction of sp³-hybridized carbons (Fsp3) is 0.438. The van der Waals surface area contributed by atoms with E-state index in [0.29, 0.717) is 12.5 Å². The van der Waals surface area contributed by atoms with Crippen molar-refractivity contribution < 1.29 is 14.6 Å². The van der Waals surface area contributed by atoms with Crippen LogP contribution in [-0.2, 0) is 4.79 Å². The second kappa shape index (κ2) is 6.57. The van der Waals surface area contributed by atoms with Gasteiger partial charge in [-0.25, -0.2) is 0 Å². The van der Waals surface area contributed by atoms with Crippen LogP contribution in [0.4, 0.5) is 0 Å². The van der Waals surface area contributed by atoms with Crippen LogP contribution in [0.15, 0.2) is 24.3 Å². The molecule has 20 heavy (non-hydrogen) atoms. The topological polar surface area (TPSA) is 58.6 Å². The summed E-state index contributed by atoms with van der Waals surface area (Å²) in [5.74, 6) is 1.05. The number of aliphatic hydroxyl groups is 1. The van der Waals surface area contributed by atoms with Crippen LogP contribution in [0.2, 0.25) is 0 Å². The number of nitrogens with one attached hydrogen (secondary N) is 1. The lowest BCUT2D eigenvalue weighted by atomic mass is 9.82. The fourth-order valence-electron chi connectivity index (χ4n) is 2.32. The van der Waals surface area contributed by atoms with Gasteiger partial charge in [-0.15, -0.1) is 0 Å². The first-order valence-corrected chi connectivity index (χ1v) is 6.87. The van der Waals surface area contributed by atoms with E-state index >= 15 is 0 Å². The molecule has 0 aliphatic heterocycles. The maximum absolute atomic E-state index is 11.7. The molecule has 0 atom stereocenters. The lowest BCUT2D eigenvalue weighted by Gasteiger charge is -2.31. The second-order valence-electron chi connectivity index (χ2n) is 5.32. The van der Waals surface area contributed by atoms with Crippen LogP contribution >= 0.6 is 0 Å². The number of amides is 1. The fourth-order valence-corrected chi connectivity index (χ4v) is 2.32. The average Bonchev–Trinajstić information content (AvgIpc) is 2.40. The van der Waals surface area contributed by atoms with E-state index in [9.17, 15) is 9.90 Å². The van der Waals surface area contributed by atoms with Gasteiger partial charge in [0, 0.05) is 18.2 Å². The van der Waals surface area contributed by atoms with Gasteiger partial charge in [0.15, 0.2) is 0 Å². The highest BCUT2D eigenvalue weighted by Crippen LogP contribution is 2.26. The van der Waals surface area contributed by atoms with Crippen molar-refractivity contribution in [3.63, 3.8) is 0 Å². The molecular formula is C16H21NO3. The summed E-state index contributed by atoms with van der Waals surface area (Å²) in [4.78, 5) is 11.7. The molecule has 0 saturated heterocycles. The molecule has 0 radical (unpaired) electrons. The van der Waals surface area contributed by atoms with E-state index in [-0.39, 0.29) is 12.0 Å². The van der Waals surface area contributed by atoms with Gasteiger partial charge in [0.1, 0.15) is 5.75 Å². The van der Waals surface area contributed by atoms with E-state index in [1.54, 1.807) is 13.2 Å². The number of carbonyl (C=O) groups excluding carboxylic acids is 1. The third-order valence-electron chi connectivity index (χ3n) is 3.58. The van der Waals surface area contributed by atoms with Crippen LogP contribution in [0.3, 0.4) is 0 Å². The van der Waals surface area contributed by atoms with Crippen LogP contribution in [0, 0.1) is 12.8 Å². The predicted molar refractivity (Wildman–Crippen MR) is 78.5 cm³/mol. The number of hydrogen-bond acceptors (Lipinski definition) is 3. The van der Waals surface area contributed by atoms with Crippen molar-refractivity contribution in [3.05, 3.63) is 35.4 Å². The molecule has 1 aromatic carbocycles. The maximum atomic E-state index is 11.7. The number of rotatable bonds is 5. The summed E-state index contributed by atoms with van der Waals surface area (Å²) in [6, 6.07) is 5.84. The highest BCUT2D eigenvalue weighted by molar-refractivity contribution is 5.92. The number of carbonyl (C=O) groups is 1. The molecule has 0 unspecified atom stereocenters. The Morgan fingerprint density at radius 2 is 2.25 bits per heavy atom. The number of benzene rings is 1. The van der Waals surface area contributed by atoms with Crippen molar-refractivity contribution in [2.24, 2.45) is 5.92 Å². The van der Waals surface area contributed by atoms with Crippen molar-refractivity contribution in [2.45, 2.75) is 25.9 Å². The number of aliphatic hydroxyl groups excluding tert-OH is 1. The van der Waals surface area contributed by atoms with E-state index in [1.807, 2.05) is 25.1 Å². The molecular weight excluding hydrogens is 254 g/mol. The minimum atomic E-state index is -0.177. The summed E-state index contributed by atoms with van der Waals surface area (Å²) in [5.41, 5.74) is 2.01. The monoisotopic (exact) mass is 275 g/mol. The lowest BCUT2D eigenvalue weighted by Crippen LogP contribution is -2.37. The SMILES string of the molecule is COc1ccc(C)cc1C=CC(=O)NCC1CC(O)C1. The molecule has 0 spiro atoms. The van der Waals surface area contributed by atoms with Gasteiger partial charge in [0.25, 0.3) is 0 Å². The number of aryl methyl sites for hydroxylation is 1. The Hall–Kier alpha value is -1.81. The van der Waals surface area contributed by atoms with E-state index in [0.717, 1.165) is 29.7 Å². The lowest BCUT2D eigenvalue weighted by molar-refractivity contribution is -0.117. The Kier molecular flexibility index (Phi) is 4.79. The summed E-state index contributed by atoms with van der Waals surface area (Å²) in [7, 11) is 1.62. The van der Waals surface area contributed by atoms with Gasteiger partial charge < -0.3 is 15.2 Å². The van der Waals surface area contributed by atoms with E-state index in [4.69, 9.17) is 4.74 Å². The Balaban J connectivity index is 1.88. The molecule has 0 aromatic heterocycles. The van der Waals surface area contributed by atoms with Gasteiger partial charge in [-0.05, 0) is 43.9 Å². The summed E-state index contributed by atoms with van der Waals surface area (Å²) in [5, 5.41) is 12.0. The Morgan fingerprint density at radius 3 is 2.90 bits per heavy atom. The minimum absolute atomic E-state index is 0.116. The van der Waals surface area contributed by atoms with Crippen LogP contribution in [0.5, 0.6) is 5.75 Å². The van der Waals surface area contributed by atoms with Crippen LogP contribution in [-0.4, -0.2) is 30.8 Å². The summed E-state index contributed by atoms with van der Waals surface area (Å²) >= 11 is 0. The van der Waals surface area contributed by atoms with Crippen molar-refractivity contribution in [1.29, 1.82) is 0 Å². The Morgan fingerprint density at radius 1 is 1.50 bits per heavy atom. The molecule has 0 heterocycles. The molecule has 0 bridgehead atoms. The normalized spacial score (nSPS) is 21.6. The van der Waals surface area contributed by atoms with Gasteiger partial charge in [-0.1, -0.05) is 11.6 Å². The first-order valence-electron chi connectivity index (χ1n) is 6.87. The number of ether oxygens (including phenoxy) is 1. The van der Waals surface area contributed by atoms with Gasteiger partial charge in [0.2, 0.25) is 5.91 Å². The molecule has 1 aliphatic rings. The summed E-state index contributed by atoms with van der Waals surface area (Å²) in [6.45, 7) is 2.63. The molecule has 4 nitrogen and oxygen atoms in total. The van der Waals surface area contributed by atoms with Crippen molar-refractivity contribution >= 4 is 12.0 Å². The standard InChI is InChI=1S/C16H21NO3/c1-11-3-5-15(20-2)13(7-11)4-6-16(19)17-10-12-8-14(18)9-12/h3-7,12,14,18H,8-10H2,1-2H3,(H,17,19). The van der Waals surface area contributed by atoms with Crippen LogP contribution in [0.25, 0.3) is 6.08 Å². The van der Waals surface area contributed by atoms with Crippen molar-refractivity contribution in [2.75, 3.05) is 13.7 Å². The molecule has 108 valence electrons. The number of hydrogen-bond donors (Lipinski definition) is 2. The molecule has 1 fully saturated rings. The molecule has 1 aromatic rings. The van der Waals surface area contributed by atoms with Gasteiger partial charge >= 0.3 is 0 Å². The predicted octanol–water partition coefficient (Wildman–Crippen LogP) is 1.90. The highest BCUT2D eigenvalue weighted by Gasteiger charge is 2.26. The summed E-state index contributed by atoms with van der Waals surface area (Å²) < 4.78 is 5.26. The Labute approximate surface area is 119 Å². The summed E-state index contributed by atoms with van der Waals surface area (Å²) in [6.07, 6.45) is 4.68. The first-order chi connectivity index (χ1) is 9.58. The largest absolute Gasteiger partial charge is 0.496 e. The van der Waals surface area contributed by atoms with Crippen LogP contribution in [0.1, 0.15) is 24.0 Å². The maximum Gasteiger partial charge on any atom is 0.244 e. The van der Waals surface area contributed by atoms with Gasteiger partial charge in [-0.2, -0.15) is 0 Å². The second-order valence-corrected chi connectivity index (χ2v) is 5.32. The van der Waals surface area contributed by atoms with E-state index in [1.165, 1.54) is 6.08 Å².